The third-order valence-electron chi connectivity index (χ3n) is 1.47. The number of carbonyl (C=O) groups is 2. The van der Waals surface area contributed by atoms with Crippen LogP contribution in [0.25, 0.3) is 0 Å². The van der Waals surface area contributed by atoms with E-state index >= 15 is 0 Å². The topological polar surface area (TPSA) is 74.6 Å². The van der Waals surface area contributed by atoms with E-state index < -0.39 is 11.9 Å². The van der Waals surface area contributed by atoms with Crippen molar-refractivity contribution in [2.45, 2.75) is 36.6 Å². The summed E-state index contributed by atoms with van der Waals surface area (Å²) >= 11 is 0.0709. The number of carboxylic acids is 2. The van der Waals surface area contributed by atoms with Crippen LogP contribution in [0.1, 0.15) is 27.7 Å². The Kier molecular flexibility index (Phi) is 13.2. The molecule has 2 radical (unpaired) electrons. The monoisotopic (exact) mass is 350 g/mol. The predicted molar refractivity (Wildman–Crippen MR) is 69.5 cm³/mol. The van der Waals surface area contributed by atoms with Gasteiger partial charge in [-0.1, -0.05) is 0 Å². The van der Waals surface area contributed by atoms with Gasteiger partial charge in [0.15, 0.2) is 0 Å². The first-order valence-corrected chi connectivity index (χ1v) is 9.64. The average Bonchev–Trinajstić information content (AvgIpc) is 2.14. The summed E-state index contributed by atoms with van der Waals surface area (Å²) in [4.78, 5) is 19.1. The van der Waals surface area contributed by atoms with Gasteiger partial charge in [0.25, 0.3) is 0 Å². The Labute approximate surface area is 113 Å². The first-order chi connectivity index (χ1) is 7.75. The second-order valence-corrected chi connectivity index (χ2v) is 8.21. The van der Waals surface area contributed by atoms with Gasteiger partial charge in [0.2, 0.25) is 0 Å². The van der Waals surface area contributed by atoms with Crippen molar-refractivity contribution in [2.75, 3.05) is 0 Å². The van der Waals surface area contributed by atoms with Crippen molar-refractivity contribution in [3.05, 3.63) is 12.2 Å². The zero-order valence-electron chi connectivity index (χ0n) is 10.9. The van der Waals surface area contributed by atoms with Gasteiger partial charge in [-0.25, -0.2) is 9.59 Å². The van der Waals surface area contributed by atoms with E-state index in [0.717, 1.165) is 11.8 Å². The molecule has 5 heteroatoms. The van der Waals surface area contributed by atoms with Crippen molar-refractivity contribution in [3.8, 4) is 0 Å². The van der Waals surface area contributed by atoms with Gasteiger partial charge in [-0.3, -0.25) is 0 Å². The quantitative estimate of drug-likeness (QED) is 0.571. The molecule has 0 heterocycles. The molecule has 0 saturated heterocycles. The molecule has 17 heavy (non-hydrogen) atoms. The van der Waals surface area contributed by atoms with E-state index in [1.807, 2.05) is 0 Å². The van der Waals surface area contributed by atoms with Gasteiger partial charge < -0.3 is 10.2 Å². The standard InChI is InChI=1S/C4H4O4.2C4H9.Sn/c5-3(6)1-2-4(7)8;2*1-4(2)3;/h1-2H,(H,5,6)(H,7,8);2*4H,1H2,2-3H3;/b2-1-;;;. The van der Waals surface area contributed by atoms with Crippen molar-refractivity contribution in [3.63, 3.8) is 0 Å². The van der Waals surface area contributed by atoms with Crippen LogP contribution in [0.15, 0.2) is 12.2 Å². The SMILES string of the molecule is CC(C)[CH2][Sn][CH2]C(C)C.O=C(O)/C=C\C(=O)O. The minimum absolute atomic E-state index is 0.0709. The summed E-state index contributed by atoms with van der Waals surface area (Å²) in [6.07, 6.45) is 1.12. The van der Waals surface area contributed by atoms with Crippen molar-refractivity contribution in [1.82, 2.24) is 0 Å². The summed E-state index contributed by atoms with van der Waals surface area (Å²) in [5, 5.41) is 15.6. The number of rotatable bonds is 6. The molecule has 0 aliphatic rings. The van der Waals surface area contributed by atoms with Crippen LogP contribution in [-0.2, 0) is 9.59 Å². The molecule has 0 bridgehead atoms. The van der Waals surface area contributed by atoms with E-state index in [-0.39, 0.29) is 21.1 Å². The second kappa shape index (κ2) is 11.9. The molecular weight excluding hydrogens is 327 g/mol. The Bertz CT molecular complexity index is 223. The van der Waals surface area contributed by atoms with E-state index in [4.69, 9.17) is 10.2 Å². The maximum Gasteiger partial charge on any atom is 0.328 e. The molecular formula is C12H22O4Sn. The Morgan fingerprint density at radius 2 is 1.24 bits per heavy atom. The van der Waals surface area contributed by atoms with Gasteiger partial charge in [-0.2, -0.15) is 0 Å². The second-order valence-electron chi connectivity index (χ2n) is 4.46. The van der Waals surface area contributed by atoms with Crippen LogP contribution in [-0.4, -0.2) is 43.3 Å². The smallest absolute Gasteiger partial charge is 0.328 e. The Morgan fingerprint density at radius 3 is 1.41 bits per heavy atom. The van der Waals surface area contributed by atoms with Crippen LogP contribution in [0, 0.1) is 11.8 Å². The molecule has 4 nitrogen and oxygen atoms in total. The molecule has 0 aliphatic heterocycles. The summed E-state index contributed by atoms with van der Waals surface area (Å²) in [7, 11) is 0. The van der Waals surface area contributed by atoms with Crippen LogP contribution in [0.2, 0.25) is 8.87 Å². The average molecular weight is 349 g/mol. The van der Waals surface area contributed by atoms with E-state index in [1.165, 1.54) is 0 Å². The molecule has 0 atom stereocenters. The third kappa shape index (κ3) is 25.6. The molecule has 0 aromatic heterocycles. The minimum atomic E-state index is -1.26. The first kappa shape index (κ1) is 18.8. The number of hydrogen-bond donors (Lipinski definition) is 2. The van der Waals surface area contributed by atoms with Gasteiger partial charge >= 0.3 is 81.5 Å². The molecule has 2 N–H and O–H groups in total. The van der Waals surface area contributed by atoms with Crippen molar-refractivity contribution >= 4 is 33.1 Å². The van der Waals surface area contributed by atoms with Gasteiger partial charge in [-0.05, 0) is 0 Å². The summed E-state index contributed by atoms with van der Waals surface area (Å²) in [6.45, 7) is 9.34. The number of carboxylic acid groups (broad SMARTS) is 2. The van der Waals surface area contributed by atoms with Crippen LogP contribution in [0.4, 0.5) is 0 Å². The van der Waals surface area contributed by atoms with Gasteiger partial charge in [0, 0.05) is 12.2 Å². The van der Waals surface area contributed by atoms with Crippen LogP contribution in [0.5, 0.6) is 0 Å². The van der Waals surface area contributed by atoms with Gasteiger partial charge in [0.05, 0.1) is 0 Å². The third-order valence-corrected chi connectivity index (χ3v) is 7.78. The Balaban J connectivity index is 0. The fourth-order valence-electron chi connectivity index (χ4n) is 0.803. The normalized spacial score (nSPS) is 10.5. The Hall–Kier alpha value is -0.521. The van der Waals surface area contributed by atoms with Crippen LogP contribution in [0.3, 0.4) is 0 Å². The molecule has 0 rings (SSSR count). The molecule has 0 fully saturated rings. The minimum Gasteiger partial charge on any atom is -0.478 e. The molecule has 0 amide bonds. The maximum absolute atomic E-state index is 9.55. The van der Waals surface area contributed by atoms with Crippen molar-refractivity contribution in [2.24, 2.45) is 11.8 Å². The van der Waals surface area contributed by atoms with Gasteiger partial charge in [-0.15, -0.1) is 0 Å². The van der Waals surface area contributed by atoms with E-state index in [1.54, 1.807) is 8.87 Å². The molecule has 0 unspecified atom stereocenters. The van der Waals surface area contributed by atoms with E-state index in [2.05, 4.69) is 27.7 Å². The first-order valence-electron chi connectivity index (χ1n) is 5.60. The summed E-state index contributed by atoms with van der Waals surface area (Å²) in [5.74, 6) is -0.578. The molecule has 0 aromatic carbocycles. The molecule has 0 aromatic rings. The summed E-state index contributed by atoms with van der Waals surface area (Å²) in [6, 6.07) is 0. The largest absolute Gasteiger partial charge is 0.478 e. The molecule has 0 aliphatic carbocycles. The molecule has 0 spiro atoms. The number of hydrogen-bond acceptors (Lipinski definition) is 2. The molecule has 98 valence electrons. The summed E-state index contributed by atoms with van der Waals surface area (Å²) in [5.41, 5.74) is 0. The van der Waals surface area contributed by atoms with Crippen molar-refractivity contribution < 1.29 is 19.8 Å². The van der Waals surface area contributed by atoms with Gasteiger partial charge in [0.1, 0.15) is 0 Å². The predicted octanol–water partition coefficient (Wildman–Crippen LogP) is 2.55. The van der Waals surface area contributed by atoms with E-state index in [0.29, 0.717) is 12.2 Å². The van der Waals surface area contributed by atoms with Crippen LogP contribution >= 0.6 is 0 Å². The van der Waals surface area contributed by atoms with E-state index in [9.17, 15) is 9.59 Å². The van der Waals surface area contributed by atoms with Crippen LogP contribution < -0.4 is 0 Å². The molecule has 0 saturated carbocycles. The fraction of sp³-hybridized carbons (Fsp3) is 0.667. The summed E-state index contributed by atoms with van der Waals surface area (Å²) < 4.78 is 3.14. The van der Waals surface area contributed by atoms with Crippen molar-refractivity contribution in [1.29, 1.82) is 0 Å². The number of aliphatic carboxylic acids is 2. The zero-order valence-corrected chi connectivity index (χ0v) is 13.8. The zero-order chi connectivity index (χ0) is 13.8. The fourth-order valence-corrected chi connectivity index (χ4v) is 4.57. The Morgan fingerprint density at radius 1 is 0.941 bits per heavy atom. The maximum atomic E-state index is 9.55.